The molecule has 1 unspecified atom stereocenters. The molecule has 3 rings (SSSR count). The van der Waals surface area contributed by atoms with E-state index in [0.29, 0.717) is 4.90 Å². The zero-order valence-electron chi connectivity index (χ0n) is 20.7. The number of carbonyl (C=O) groups excluding carboxylic acids is 3. The van der Waals surface area contributed by atoms with Gasteiger partial charge in [-0.2, -0.15) is 5.09 Å². The number of benzene rings is 1. The molecule has 0 aromatic heterocycles. The lowest BCUT2D eigenvalue weighted by atomic mass is 9.96. The number of aliphatic hydroxyl groups is 2. The molecule has 12 nitrogen and oxygen atoms in total. The van der Waals surface area contributed by atoms with E-state index >= 15 is 0 Å². The van der Waals surface area contributed by atoms with Gasteiger partial charge in [0.1, 0.15) is 24.0 Å². The Balaban J connectivity index is 1.87. The third-order valence-corrected chi connectivity index (χ3v) is 7.24. The minimum absolute atomic E-state index is 0.00150. The van der Waals surface area contributed by atoms with Crippen LogP contribution in [0, 0.1) is 0 Å². The second-order valence-electron chi connectivity index (χ2n) is 8.97. The van der Waals surface area contributed by atoms with Crippen LogP contribution in [0.15, 0.2) is 42.6 Å². The molecular formula is C23H29F2N2O10P. The van der Waals surface area contributed by atoms with Crippen molar-refractivity contribution < 1.29 is 56.5 Å². The molecule has 0 aliphatic carbocycles. The van der Waals surface area contributed by atoms with Gasteiger partial charge >= 0.3 is 13.7 Å². The Kier molecular flexibility index (Phi) is 9.39. The van der Waals surface area contributed by atoms with E-state index in [2.05, 4.69) is 5.09 Å². The Bertz CT molecular complexity index is 1100. The maximum Gasteiger partial charge on any atom is 0.459 e. The fourth-order valence-corrected chi connectivity index (χ4v) is 5.22. The highest BCUT2D eigenvalue weighted by atomic mass is 31.2. The highest BCUT2D eigenvalue weighted by Gasteiger charge is 2.62. The minimum Gasteiger partial charge on any atom is -0.462 e. The number of esters is 1. The average Bonchev–Trinajstić information content (AvgIpc) is 3.09. The number of aliphatic hydroxyl groups excluding tert-OH is 2. The Hall–Kier alpha value is -2.74. The molecule has 38 heavy (non-hydrogen) atoms. The van der Waals surface area contributed by atoms with Gasteiger partial charge in [-0.05, 0) is 39.0 Å². The van der Waals surface area contributed by atoms with Crippen LogP contribution in [0.2, 0.25) is 0 Å². The molecule has 6 atom stereocenters. The summed E-state index contributed by atoms with van der Waals surface area (Å²) in [7, 11) is -4.64. The van der Waals surface area contributed by atoms with Crippen molar-refractivity contribution in [3.63, 3.8) is 0 Å². The van der Waals surface area contributed by atoms with Crippen LogP contribution in [-0.4, -0.2) is 82.0 Å². The number of carbonyl (C=O) groups is 3. The Morgan fingerprint density at radius 3 is 2.47 bits per heavy atom. The molecular weight excluding hydrogens is 533 g/mol. The van der Waals surface area contributed by atoms with E-state index in [0.717, 1.165) is 12.3 Å². The first-order chi connectivity index (χ1) is 17.8. The number of hydrogen-bond acceptors (Lipinski definition) is 10. The van der Waals surface area contributed by atoms with Gasteiger partial charge in [-0.1, -0.05) is 18.2 Å². The molecule has 1 fully saturated rings. The van der Waals surface area contributed by atoms with Crippen LogP contribution in [0.3, 0.4) is 0 Å². The number of nitrogens with zero attached hydrogens (tertiary/aromatic N) is 1. The summed E-state index contributed by atoms with van der Waals surface area (Å²) in [5, 5.41) is 23.4. The van der Waals surface area contributed by atoms with Gasteiger partial charge in [-0.25, -0.2) is 13.3 Å². The maximum atomic E-state index is 14.4. The van der Waals surface area contributed by atoms with Crippen molar-refractivity contribution in [2.45, 2.75) is 69.8 Å². The second kappa shape index (κ2) is 12.0. The van der Waals surface area contributed by atoms with Gasteiger partial charge in [0.15, 0.2) is 17.6 Å². The number of para-hydroxylation sites is 1. The Labute approximate surface area is 217 Å². The summed E-state index contributed by atoms with van der Waals surface area (Å²) in [6, 6.07) is 6.22. The number of amides is 1. The molecule has 2 heterocycles. The van der Waals surface area contributed by atoms with Crippen molar-refractivity contribution in [3.05, 3.63) is 42.6 Å². The van der Waals surface area contributed by atoms with E-state index in [-0.39, 0.29) is 5.75 Å². The smallest absolute Gasteiger partial charge is 0.459 e. The van der Waals surface area contributed by atoms with Crippen molar-refractivity contribution in [3.8, 4) is 5.75 Å². The summed E-state index contributed by atoms with van der Waals surface area (Å²) in [4.78, 5) is 36.7. The van der Waals surface area contributed by atoms with Gasteiger partial charge in [-0.3, -0.25) is 23.8 Å². The summed E-state index contributed by atoms with van der Waals surface area (Å²) < 4.78 is 63.4. The van der Waals surface area contributed by atoms with Crippen molar-refractivity contribution >= 4 is 25.4 Å². The van der Waals surface area contributed by atoms with Crippen LogP contribution in [0.4, 0.5) is 8.78 Å². The first-order valence-electron chi connectivity index (χ1n) is 11.6. The summed E-state index contributed by atoms with van der Waals surface area (Å²) in [5.41, 5.74) is -2.97. The van der Waals surface area contributed by atoms with Gasteiger partial charge in [0.05, 0.1) is 19.1 Å². The van der Waals surface area contributed by atoms with Crippen molar-refractivity contribution in [1.29, 1.82) is 0 Å². The molecule has 210 valence electrons. The van der Waals surface area contributed by atoms with Crippen LogP contribution in [-0.2, 0) is 32.9 Å². The quantitative estimate of drug-likeness (QED) is 0.204. The lowest BCUT2D eigenvalue weighted by Gasteiger charge is -2.33. The number of nitrogens with one attached hydrogen (secondary N) is 1. The summed E-state index contributed by atoms with van der Waals surface area (Å²) in [5.74, 6) is -2.23. The third kappa shape index (κ3) is 6.63. The van der Waals surface area contributed by atoms with E-state index < -0.39 is 81.0 Å². The predicted octanol–water partition coefficient (Wildman–Crippen LogP) is 1.52. The molecule has 0 radical (unpaired) electrons. The van der Waals surface area contributed by atoms with Crippen LogP contribution in [0.5, 0.6) is 5.75 Å². The molecule has 2 aliphatic rings. The number of hydrogen-bond donors (Lipinski definition) is 3. The number of allylic oxidation sites excluding steroid dienone is 1. The SMILES string of the molecule is CC(C)OC(=O)[C@H](C)NP(=O)(OC[C@@]1(C(F)F)O[C@@H](N2C=CC(=O)CC2=O)[C@H](O)[C@@H]1O)Oc1ccccc1. The standard InChI is InChI=1S/C23H29F2N2O10P/c1-13(2)35-21(32)14(3)26-38(33,37-16-7-5-4-6-8-16)34-12-23(22(24)25)19(31)18(30)20(36-23)27-10-9-15(28)11-17(27)29/h4-10,13-14,18-20,22,30-31H,11-12H2,1-3H3,(H,26,33)/t14-,18+,19-,20+,23+,38?/m0/s1. The van der Waals surface area contributed by atoms with Crippen molar-refractivity contribution in [2.75, 3.05) is 6.61 Å². The molecule has 2 aliphatic heterocycles. The van der Waals surface area contributed by atoms with E-state index in [1.165, 1.54) is 31.2 Å². The van der Waals surface area contributed by atoms with Crippen molar-refractivity contribution in [1.82, 2.24) is 9.99 Å². The molecule has 0 spiro atoms. The van der Waals surface area contributed by atoms with Crippen LogP contribution in [0.25, 0.3) is 0 Å². The molecule has 15 heteroatoms. The van der Waals surface area contributed by atoms with E-state index in [9.17, 15) is 37.9 Å². The number of halogens is 2. The minimum atomic E-state index is -4.64. The van der Waals surface area contributed by atoms with Gasteiger partial charge in [-0.15, -0.1) is 0 Å². The van der Waals surface area contributed by atoms with Crippen LogP contribution in [0.1, 0.15) is 27.2 Å². The van der Waals surface area contributed by atoms with Gasteiger partial charge < -0.3 is 24.2 Å². The predicted molar refractivity (Wildman–Crippen MR) is 126 cm³/mol. The van der Waals surface area contributed by atoms with E-state index in [1.54, 1.807) is 19.9 Å². The van der Waals surface area contributed by atoms with Crippen molar-refractivity contribution in [2.24, 2.45) is 0 Å². The second-order valence-corrected chi connectivity index (χ2v) is 10.7. The first kappa shape index (κ1) is 29.8. The van der Waals surface area contributed by atoms with Crippen LogP contribution >= 0.6 is 7.75 Å². The lowest BCUT2D eigenvalue weighted by molar-refractivity contribution is -0.200. The highest BCUT2D eigenvalue weighted by molar-refractivity contribution is 7.52. The molecule has 1 aromatic rings. The average molecular weight is 562 g/mol. The largest absolute Gasteiger partial charge is 0.462 e. The molecule has 1 saturated heterocycles. The molecule has 1 aromatic carbocycles. The van der Waals surface area contributed by atoms with E-state index in [1.807, 2.05) is 0 Å². The van der Waals surface area contributed by atoms with Crippen LogP contribution < -0.4 is 9.61 Å². The highest BCUT2D eigenvalue weighted by Crippen LogP contribution is 2.48. The lowest BCUT2D eigenvalue weighted by Crippen LogP contribution is -2.53. The fourth-order valence-electron chi connectivity index (χ4n) is 3.69. The normalized spacial score (nSPS) is 28.0. The molecule has 3 N–H and O–H groups in total. The van der Waals surface area contributed by atoms with Gasteiger partial charge in [0, 0.05) is 6.20 Å². The number of ether oxygens (including phenoxy) is 2. The summed E-state index contributed by atoms with van der Waals surface area (Å²) >= 11 is 0. The van der Waals surface area contributed by atoms with Gasteiger partial charge in [0.2, 0.25) is 5.91 Å². The van der Waals surface area contributed by atoms with Gasteiger partial charge in [0.25, 0.3) is 6.43 Å². The summed E-state index contributed by atoms with van der Waals surface area (Å²) in [6.07, 6.45) is -8.84. The first-order valence-corrected chi connectivity index (χ1v) is 13.1. The fraction of sp³-hybridized carbons (Fsp3) is 0.522. The zero-order chi connectivity index (χ0) is 28.3. The molecule has 0 saturated carbocycles. The topological polar surface area (TPSA) is 161 Å². The monoisotopic (exact) mass is 562 g/mol. The number of alkyl halides is 2. The zero-order valence-corrected chi connectivity index (χ0v) is 21.6. The molecule has 1 amide bonds. The maximum absolute atomic E-state index is 14.4. The Morgan fingerprint density at radius 2 is 1.89 bits per heavy atom. The summed E-state index contributed by atoms with van der Waals surface area (Å²) in [6.45, 7) is 3.17. The van der Waals surface area contributed by atoms with E-state index in [4.69, 9.17) is 18.5 Å². The molecule has 0 bridgehead atoms. The number of ketones is 1. The third-order valence-electron chi connectivity index (χ3n) is 5.62. The number of rotatable bonds is 11. The Morgan fingerprint density at radius 1 is 1.24 bits per heavy atom.